The molecule has 7 nitrogen and oxygen atoms in total. The number of halogens is 1. The number of nitrogens with zero attached hydrogens (tertiary/aromatic N) is 4. The normalized spacial score (nSPS) is 13.9. The van der Waals surface area contributed by atoms with Crippen molar-refractivity contribution >= 4 is 23.5 Å². The van der Waals surface area contributed by atoms with E-state index in [0.29, 0.717) is 29.1 Å². The van der Waals surface area contributed by atoms with Crippen molar-refractivity contribution < 1.29 is 18.7 Å². The molecule has 0 bridgehead atoms. The van der Waals surface area contributed by atoms with Crippen LogP contribution in [-0.4, -0.2) is 39.5 Å². The van der Waals surface area contributed by atoms with E-state index in [1.165, 1.54) is 6.07 Å². The van der Waals surface area contributed by atoms with E-state index in [4.69, 9.17) is 9.47 Å². The van der Waals surface area contributed by atoms with Crippen molar-refractivity contribution in [3.05, 3.63) is 48.7 Å². The van der Waals surface area contributed by atoms with Gasteiger partial charge in [-0.3, -0.25) is 4.98 Å². The van der Waals surface area contributed by atoms with Gasteiger partial charge in [0.15, 0.2) is 17.2 Å². The maximum absolute atomic E-state index is 15.0. The second kappa shape index (κ2) is 10.2. The van der Waals surface area contributed by atoms with Crippen LogP contribution in [0.2, 0.25) is 0 Å². The summed E-state index contributed by atoms with van der Waals surface area (Å²) in [6, 6.07) is 6.55. The van der Waals surface area contributed by atoms with Crippen LogP contribution in [0.25, 0.3) is 22.3 Å². The van der Waals surface area contributed by atoms with Gasteiger partial charge in [0.1, 0.15) is 11.1 Å². The van der Waals surface area contributed by atoms with Crippen molar-refractivity contribution in [2.24, 2.45) is 16.3 Å². The first-order valence-corrected chi connectivity index (χ1v) is 11.2. The van der Waals surface area contributed by atoms with Crippen molar-refractivity contribution in [1.82, 2.24) is 15.0 Å². The SMILES string of the molecule is CC(C)CC(C)(C=NC(=O)OC(C)(C)C)COc1ccc(-c2ccnc3nccnc23)cc1F. The lowest BCUT2D eigenvalue weighted by atomic mass is 9.84. The highest BCUT2D eigenvalue weighted by Crippen LogP contribution is 2.31. The lowest BCUT2D eigenvalue weighted by molar-refractivity contribution is 0.0602. The summed E-state index contributed by atoms with van der Waals surface area (Å²) in [7, 11) is 0. The molecule has 1 unspecified atom stereocenters. The summed E-state index contributed by atoms with van der Waals surface area (Å²) in [4.78, 5) is 28.8. The zero-order chi connectivity index (χ0) is 24.9. The molecule has 0 spiro atoms. The molecule has 1 atom stereocenters. The van der Waals surface area contributed by atoms with Gasteiger partial charge < -0.3 is 9.47 Å². The number of ether oxygens (including phenoxy) is 2. The van der Waals surface area contributed by atoms with E-state index in [2.05, 4.69) is 33.8 Å². The number of hydrogen-bond acceptors (Lipinski definition) is 6. The molecule has 0 aliphatic heterocycles. The fraction of sp³-hybridized carbons (Fsp3) is 0.423. The highest BCUT2D eigenvalue weighted by molar-refractivity contribution is 5.89. The summed E-state index contributed by atoms with van der Waals surface area (Å²) < 4.78 is 26.1. The Hall–Kier alpha value is -3.42. The smallest absolute Gasteiger partial charge is 0.433 e. The second-order valence-corrected chi connectivity index (χ2v) is 10.0. The molecule has 0 saturated carbocycles. The van der Waals surface area contributed by atoms with E-state index in [1.54, 1.807) is 63.8 Å². The van der Waals surface area contributed by atoms with Gasteiger partial charge in [-0.05, 0) is 56.9 Å². The van der Waals surface area contributed by atoms with Crippen molar-refractivity contribution in [2.45, 2.75) is 53.6 Å². The third kappa shape index (κ3) is 6.79. The number of aliphatic imine (C=N–C) groups is 1. The van der Waals surface area contributed by atoms with E-state index < -0.39 is 22.9 Å². The van der Waals surface area contributed by atoms with Gasteiger partial charge >= 0.3 is 6.09 Å². The van der Waals surface area contributed by atoms with Crippen molar-refractivity contribution in [3.63, 3.8) is 0 Å². The van der Waals surface area contributed by atoms with Crippen molar-refractivity contribution in [3.8, 4) is 16.9 Å². The third-order valence-corrected chi connectivity index (χ3v) is 4.92. The lowest BCUT2D eigenvalue weighted by Gasteiger charge is -2.27. The first kappa shape index (κ1) is 25.2. The monoisotopic (exact) mass is 466 g/mol. The number of hydrogen-bond donors (Lipinski definition) is 0. The van der Waals surface area contributed by atoms with Crippen LogP contribution in [0.15, 0.2) is 47.8 Å². The highest BCUT2D eigenvalue weighted by atomic mass is 19.1. The van der Waals surface area contributed by atoms with Crippen LogP contribution in [0.5, 0.6) is 5.75 Å². The van der Waals surface area contributed by atoms with Crippen LogP contribution in [0.1, 0.15) is 48.0 Å². The maximum atomic E-state index is 15.0. The molecule has 0 aliphatic carbocycles. The Balaban J connectivity index is 1.78. The van der Waals surface area contributed by atoms with E-state index in [0.717, 1.165) is 5.56 Å². The average Bonchev–Trinajstić information content (AvgIpc) is 2.75. The molecule has 34 heavy (non-hydrogen) atoms. The van der Waals surface area contributed by atoms with Gasteiger partial charge in [-0.1, -0.05) is 26.8 Å². The van der Waals surface area contributed by atoms with E-state index in [9.17, 15) is 9.18 Å². The zero-order valence-electron chi connectivity index (χ0n) is 20.5. The number of amides is 1. The lowest BCUT2D eigenvalue weighted by Crippen LogP contribution is -2.30. The molecule has 2 heterocycles. The van der Waals surface area contributed by atoms with Crippen LogP contribution < -0.4 is 4.74 Å². The first-order chi connectivity index (χ1) is 16.0. The molecule has 1 aromatic carbocycles. The molecule has 0 saturated heterocycles. The molecule has 180 valence electrons. The highest BCUT2D eigenvalue weighted by Gasteiger charge is 2.26. The Morgan fingerprint density at radius 1 is 1.09 bits per heavy atom. The van der Waals surface area contributed by atoms with Gasteiger partial charge in [0.2, 0.25) is 0 Å². The predicted octanol–water partition coefficient (Wildman–Crippen LogP) is 6.27. The molecule has 0 aliphatic rings. The largest absolute Gasteiger partial charge is 0.490 e. The predicted molar refractivity (Wildman–Crippen MR) is 131 cm³/mol. The molecule has 8 heteroatoms. The van der Waals surface area contributed by atoms with Crippen LogP contribution in [0.4, 0.5) is 9.18 Å². The number of benzene rings is 1. The number of rotatable bonds is 7. The van der Waals surface area contributed by atoms with Gasteiger partial charge in [0, 0.05) is 35.8 Å². The summed E-state index contributed by atoms with van der Waals surface area (Å²) in [5.41, 5.74) is 1.26. The minimum absolute atomic E-state index is 0.119. The standard InChI is InChI=1S/C26H31FN4O3/c1-17(2)14-26(6,15-31-24(32)34-25(3,4)5)16-33-21-8-7-18(13-20(21)27)19-9-10-29-23-22(19)28-11-12-30-23/h7-13,15,17H,14,16H2,1-6H3. The number of aromatic nitrogens is 3. The van der Waals surface area contributed by atoms with Gasteiger partial charge in [-0.15, -0.1) is 0 Å². The summed E-state index contributed by atoms with van der Waals surface area (Å²) in [6.45, 7) is 11.6. The quantitative estimate of drug-likeness (QED) is 0.382. The van der Waals surface area contributed by atoms with Gasteiger partial charge in [0.05, 0.1) is 6.61 Å². The van der Waals surface area contributed by atoms with E-state index in [-0.39, 0.29) is 12.4 Å². The average molecular weight is 467 g/mol. The molecule has 3 aromatic rings. The topological polar surface area (TPSA) is 86.6 Å². The Labute approximate surface area is 199 Å². The first-order valence-electron chi connectivity index (χ1n) is 11.2. The van der Waals surface area contributed by atoms with E-state index >= 15 is 0 Å². The van der Waals surface area contributed by atoms with Crippen molar-refractivity contribution in [2.75, 3.05) is 6.61 Å². The maximum Gasteiger partial charge on any atom is 0.433 e. The molecule has 1 amide bonds. The second-order valence-electron chi connectivity index (χ2n) is 10.0. The summed E-state index contributed by atoms with van der Waals surface area (Å²) in [5, 5.41) is 0. The Kier molecular flexibility index (Phi) is 7.59. The molecule has 0 fully saturated rings. The van der Waals surface area contributed by atoms with Crippen molar-refractivity contribution in [1.29, 1.82) is 0 Å². The van der Waals surface area contributed by atoms with Crippen LogP contribution >= 0.6 is 0 Å². The Bertz CT molecular complexity index is 1180. The molecule has 2 aromatic heterocycles. The van der Waals surface area contributed by atoms with E-state index in [1.807, 2.05) is 6.92 Å². The summed E-state index contributed by atoms with van der Waals surface area (Å²) >= 11 is 0. The van der Waals surface area contributed by atoms with Crippen LogP contribution in [-0.2, 0) is 4.74 Å². The van der Waals surface area contributed by atoms with Gasteiger partial charge in [-0.2, -0.15) is 4.99 Å². The summed E-state index contributed by atoms with van der Waals surface area (Å²) in [6.07, 6.45) is 6.35. The molecular weight excluding hydrogens is 435 g/mol. The third-order valence-electron chi connectivity index (χ3n) is 4.92. The Morgan fingerprint density at radius 2 is 1.79 bits per heavy atom. The summed E-state index contributed by atoms with van der Waals surface area (Å²) in [5.74, 6) is -0.0665. The molecular formula is C26H31FN4O3. The fourth-order valence-electron chi connectivity index (χ4n) is 3.72. The molecule has 3 rings (SSSR count). The number of carbonyl (C=O) groups excluding carboxylic acids is 1. The van der Waals surface area contributed by atoms with Crippen LogP contribution in [0.3, 0.4) is 0 Å². The van der Waals surface area contributed by atoms with Gasteiger partial charge in [0.25, 0.3) is 0 Å². The minimum atomic E-state index is -0.661. The van der Waals surface area contributed by atoms with Crippen LogP contribution in [0, 0.1) is 17.2 Å². The fourth-order valence-corrected chi connectivity index (χ4v) is 3.72. The Morgan fingerprint density at radius 3 is 2.47 bits per heavy atom. The molecule has 0 N–H and O–H groups in total. The minimum Gasteiger partial charge on any atom is -0.490 e. The number of fused-ring (bicyclic) bond motifs is 1. The number of pyridine rings is 1. The zero-order valence-corrected chi connectivity index (χ0v) is 20.5. The number of carbonyl (C=O) groups is 1. The van der Waals surface area contributed by atoms with Gasteiger partial charge in [-0.25, -0.2) is 19.2 Å². The molecule has 0 radical (unpaired) electrons.